The fourth-order valence-corrected chi connectivity index (χ4v) is 7.17. The van der Waals surface area contributed by atoms with Crippen molar-refractivity contribution in [2.75, 3.05) is 5.75 Å². The second kappa shape index (κ2) is 10.9. The highest BCUT2D eigenvalue weighted by molar-refractivity contribution is 7.86. The SMILES string of the molecule is CC(C)(C)S(=O)CC(C1CC1)N1C(=O)[C@@](C)(CC(=O)O)C[C@H](c2cccc(Cl)c2)C1c1ccc(Cl)c(F)c1. The van der Waals surface area contributed by atoms with Gasteiger partial charge < -0.3 is 10.0 Å². The third-order valence-corrected chi connectivity index (χ3v) is 10.3. The lowest BCUT2D eigenvalue weighted by molar-refractivity contribution is -0.160. The lowest BCUT2D eigenvalue weighted by atomic mass is 9.67. The van der Waals surface area contributed by atoms with Crippen LogP contribution in [0.5, 0.6) is 0 Å². The van der Waals surface area contributed by atoms with Crippen molar-refractivity contribution in [3.63, 3.8) is 0 Å². The molecule has 1 N–H and O–H groups in total. The van der Waals surface area contributed by atoms with Gasteiger partial charge in [-0.3, -0.25) is 13.8 Å². The fourth-order valence-electron chi connectivity index (χ4n) is 5.61. The van der Waals surface area contributed by atoms with E-state index in [0.717, 1.165) is 18.4 Å². The first-order valence-electron chi connectivity index (χ1n) is 12.8. The number of aliphatic carboxylic acids is 1. The Hall–Kier alpha value is -1.96. The zero-order valence-corrected chi connectivity index (χ0v) is 24.4. The molecule has 2 aromatic rings. The van der Waals surface area contributed by atoms with Gasteiger partial charge in [0.05, 0.1) is 22.9 Å². The summed E-state index contributed by atoms with van der Waals surface area (Å²) in [6, 6.07) is 10.9. The molecule has 2 aliphatic rings. The number of carboxylic acid groups (broad SMARTS) is 1. The Morgan fingerprint density at radius 3 is 2.42 bits per heavy atom. The quantitative estimate of drug-likeness (QED) is 0.364. The average Bonchev–Trinajstić information content (AvgIpc) is 3.65. The molecule has 2 aromatic carbocycles. The van der Waals surface area contributed by atoms with E-state index in [9.17, 15) is 23.3 Å². The Bertz CT molecular complexity index is 1260. The smallest absolute Gasteiger partial charge is 0.304 e. The van der Waals surface area contributed by atoms with Gasteiger partial charge in [0.25, 0.3) is 0 Å². The van der Waals surface area contributed by atoms with E-state index in [-0.39, 0.29) is 47.4 Å². The van der Waals surface area contributed by atoms with Gasteiger partial charge in [-0.2, -0.15) is 0 Å². The van der Waals surface area contributed by atoms with Gasteiger partial charge >= 0.3 is 5.97 Å². The molecule has 1 saturated carbocycles. The summed E-state index contributed by atoms with van der Waals surface area (Å²) in [5.74, 6) is -1.94. The first kappa shape index (κ1) is 29.0. The maximum absolute atomic E-state index is 14.8. The van der Waals surface area contributed by atoms with Crippen LogP contribution in [0.4, 0.5) is 4.39 Å². The van der Waals surface area contributed by atoms with Gasteiger partial charge in [0, 0.05) is 38.3 Å². The molecule has 5 atom stereocenters. The van der Waals surface area contributed by atoms with E-state index < -0.39 is 38.8 Å². The molecule has 206 valence electrons. The van der Waals surface area contributed by atoms with Crippen molar-refractivity contribution in [3.05, 3.63) is 69.5 Å². The van der Waals surface area contributed by atoms with E-state index in [1.807, 2.05) is 39.0 Å². The summed E-state index contributed by atoms with van der Waals surface area (Å²) in [4.78, 5) is 28.1. The summed E-state index contributed by atoms with van der Waals surface area (Å²) in [7, 11) is -1.27. The fraction of sp³-hybridized carbons (Fsp3) is 0.517. The molecule has 0 radical (unpaired) electrons. The normalized spacial score (nSPS) is 25.8. The highest BCUT2D eigenvalue weighted by atomic mass is 35.5. The average molecular weight is 583 g/mol. The largest absolute Gasteiger partial charge is 0.481 e. The van der Waals surface area contributed by atoms with E-state index >= 15 is 0 Å². The lowest BCUT2D eigenvalue weighted by Gasteiger charge is -2.52. The molecule has 1 aliphatic carbocycles. The molecule has 1 heterocycles. The number of amides is 1. The third kappa shape index (κ3) is 6.10. The van der Waals surface area contributed by atoms with E-state index in [4.69, 9.17) is 23.2 Å². The van der Waals surface area contributed by atoms with Gasteiger partial charge in [-0.15, -0.1) is 0 Å². The Morgan fingerprint density at radius 2 is 1.87 bits per heavy atom. The molecule has 1 amide bonds. The molecule has 0 spiro atoms. The topological polar surface area (TPSA) is 74.7 Å². The minimum absolute atomic E-state index is 0.0231. The van der Waals surface area contributed by atoms with Crippen molar-refractivity contribution >= 4 is 45.9 Å². The number of hydrogen-bond acceptors (Lipinski definition) is 3. The van der Waals surface area contributed by atoms with Crippen LogP contribution in [-0.4, -0.2) is 42.6 Å². The number of carboxylic acids is 1. The first-order chi connectivity index (χ1) is 17.7. The molecule has 38 heavy (non-hydrogen) atoms. The molecule has 9 heteroatoms. The minimum atomic E-state index is -1.27. The number of hydrogen-bond donors (Lipinski definition) is 1. The van der Waals surface area contributed by atoms with Crippen LogP contribution in [0.2, 0.25) is 10.0 Å². The zero-order chi connectivity index (χ0) is 28.0. The maximum Gasteiger partial charge on any atom is 0.304 e. The Morgan fingerprint density at radius 1 is 1.18 bits per heavy atom. The van der Waals surface area contributed by atoms with Crippen LogP contribution in [0, 0.1) is 17.2 Å². The Balaban J connectivity index is 1.93. The number of carbonyl (C=O) groups is 2. The monoisotopic (exact) mass is 581 g/mol. The van der Waals surface area contributed by atoms with Crippen LogP contribution < -0.4 is 0 Å². The predicted molar refractivity (Wildman–Crippen MR) is 149 cm³/mol. The number of piperidine rings is 1. The summed E-state index contributed by atoms with van der Waals surface area (Å²) in [6.45, 7) is 7.40. The number of carbonyl (C=O) groups excluding carboxylic acids is 1. The second-order valence-electron chi connectivity index (χ2n) is 11.9. The van der Waals surface area contributed by atoms with Crippen LogP contribution >= 0.6 is 23.2 Å². The number of benzene rings is 2. The summed E-state index contributed by atoms with van der Waals surface area (Å²) >= 11 is 12.4. The van der Waals surface area contributed by atoms with Crippen LogP contribution in [0.1, 0.15) is 76.5 Å². The van der Waals surface area contributed by atoms with Crippen molar-refractivity contribution < 1.29 is 23.3 Å². The van der Waals surface area contributed by atoms with E-state index in [0.29, 0.717) is 10.6 Å². The molecular formula is C29H34Cl2FNO4S. The van der Waals surface area contributed by atoms with Crippen LogP contribution in [-0.2, 0) is 20.4 Å². The standard InChI is InChI=1S/C29H34Cl2FNO4S/c1-28(2,3)38(37)16-24(17-8-9-17)33-26(19-10-11-22(31)23(32)13-19)21(18-6-5-7-20(30)12-18)14-29(4,27(33)36)15-25(34)35/h5-7,10-13,17,21,24,26H,8-9,14-16H2,1-4H3,(H,34,35)/t21-,24?,26?,29-,38?/m1/s1. The number of likely N-dealkylation sites (tertiary alicyclic amines) is 1. The summed E-state index contributed by atoms with van der Waals surface area (Å²) in [5.41, 5.74) is 0.185. The zero-order valence-electron chi connectivity index (χ0n) is 22.0. The van der Waals surface area contributed by atoms with Gasteiger partial charge in [0.15, 0.2) is 0 Å². The van der Waals surface area contributed by atoms with E-state index in [2.05, 4.69) is 0 Å². The van der Waals surface area contributed by atoms with E-state index in [1.54, 1.807) is 24.0 Å². The molecule has 0 aromatic heterocycles. The lowest BCUT2D eigenvalue weighted by Crippen LogP contribution is -2.58. The van der Waals surface area contributed by atoms with Gasteiger partial charge in [0.2, 0.25) is 5.91 Å². The molecule has 3 unspecified atom stereocenters. The maximum atomic E-state index is 14.8. The van der Waals surface area contributed by atoms with E-state index in [1.165, 1.54) is 12.1 Å². The van der Waals surface area contributed by atoms with Crippen molar-refractivity contribution in [1.29, 1.82) is 0 Å². The predicted octanol–water partition coefficient (Wildman–Crippen LogP) is 7.00. The van der Waals surface area contributed by atoms with Crippen molar-refractivity contribution in [3.8, 4) is 0 Å². The van der Waals surface area contributed by atoms with Crippen molar-refractivity contribution in [2.45, 2.75) is 76.1 Å². The van der Waals surface area contributed by atoms with Crippen molar-refractivity contribution in [1.82, 2.24) is 4.90 Å². The van der Waals surface area contributed by atoms with Crippen molar-refractivity contribution in [2.24, 2.45) is 11.3 Å². The highest BCUT2D eigenvalue weighted by Crippen LogP contribution is 2.54. The number of nitrogens with zero attached hydrogens (tertiary/aromatic N) is 1. The minimum Gasteiger partial charge on any atom is -0.481 e. The molecular weight excluding hydrogens is 548 g/mol. The molecule has 2 fully saturated rings. The first-order valence-corrected chi connectivity index (χ1v) is 14.9. The molecule has 1 saturated heterocycles. The second-order valence-corrected chi connectivity index (χ2v) is 14.9. The van der Waals surface area contributed by atoms with Gasteiger partial charge in [-0.25, -0.2) is 4.39 Å². The number of rotatable bonds is 8. The van der Waals surface area contributed by atoms with Gasteiger partial charge in [-0.05, 0) is 81.3 Å². The summed E-state index contributed by atoms with van der Waals surface area (Å²) < 4.78 is 27.8. The molecule has 5 nitrogen and oxygen atoms in total. The Kier molecular flexibility index (Phi) is 8.33. The number of halogens is 3. The summed E-state index contributed by atoms with van der Waals surface area (Å²) in [6.07, 6.45) is 1.66. The highest BCUT2D eigenvalue weighted by Gasteiger charge is 2.55. The summed E-state index contributed by atoms with van der Waals surface area (Å²) in [5, 5.41) is 10.3. The van der Waals surface area contributed by atoms with Gasteiger partial charge in [-0.1, -0.05) is 48.3 Å². The Labute approximate surface area is 236 Å². The van der Waals surface area contributed by atoms with Gasteiger partial charge in [0.1, 0.15) is 5.82 Å². The van der Waals surface area contributed by atoms with Crippen LogP contribution in [0.3, 0.4) is 0 Å². The van der Waals surface area contributed by atoms with Crippen LogP contribution in [0.25, 0.3) is 0 Å². The van der Waals surface area contributed by atoms with Crippen LogP contribution in [0.15, 0.2) is 42.5 Å². The molecule has 4 rings (SSSR count). The molecule has 1 aliphatic heterocycles. The molecule has 0 bridgehead atoms. The third-order valence-electron chi connectivity index (χ3n) is 7.73.